The zero-order valence-electron chi connectivity index (χ0n) is 11.5. The van der Waals surface area contributed by atoms with E-state index in [1.807, 2.05) is 7.05 Å². The summed E-state index contributed by atoms with van der Waals surface area (Å²) in [6.07, 6.45) is 4.68. The number of esters is 1. The van der Waals surface area contributed by atoms with Gasteiger partial charge in [0.1, 0.15) is 6.04 Å². The van der Waals surface area contributed by atoms with E-state index < -0.39 is 0 Å². The van der Waals surface area contributed by atoms with Crippen molar-refractivity contribution in [2.75, 3.05) is 20.7 Å². The van der Waals surface area contributed by atoms with Crippen molar-refractivity contribution < 1.29 is 9.53 Å². The maximum Gasteiger partial charge on any atom is 0.322 e. The Labute approximate surface area is 105 Å². The van der Waals surface area contributed by atoms with E-state index in [0.717, 1.165) is 13.0 Å². The molecule has 4 heteroatoms. The van der Waals surface area contributed by atoms with Gasteiger partial charge in [0.05, 0.1) is 7.11 Å². The van der Waals surface area contributed by atoms with E-state index in [1.165, 1.54) is 26.4 Å². The van der Waals surface area contributed by atoms with Gasteiger partial charge < -0.3 is 10.1 Å². The molecular formula is C13H26N2O2. The van der Waals surface area contributed by atoms with Crippen molar-refractivity contribution in [1.29, 1.82) is 0 Å². The van der Waals surface area contributed by atoms with Crippen LogP contribution in [-0.4, -0.2) is 49.7 Å². The molecule has 1 rings (SSSR count). The lowest BCUT2D eigenvalue weighted by Gasteiger charge is -2.39. The van der Waals surface area contributed by atoms with Crippen LogP contribution in [0.3, 0.4) is 0 Å². The normalized spacial score (nSPS) is 27.8. The van der Waals surface area contributed by atoms with E-state index in [-0.39, 0.29) is 12.0 Å². The standard InChI is InChI=1S/C13H26N2O2/c1-10-6-5-7-11(2)15(10)9-8-12(14-3)13(16)17-4/h10-12,14H,5-9H2,1-4H3. The summed E-state index contributed by atoms with van der Waals surface area (Å²) < 4.78 is 4.78. The van der Waals surface area contributed by atoms with Crippen LogP contribution in [0.5, 0.6) is 0 Å². The van der Waals surface area contributed by atoms with Gasteiger partial charge in [-0.2, -0.15) is 0 Å². The Balaban J connectivity index is 2.44. The number of rotatable bonds is 5. The van der Waals surface area contributed by atoms with Gasteiger partial charge in [-0.1, -0.05) is 6.42 Å². The van der Waals surface area contributed by atoms with Gasteiger partial charge in [0.15, 0.2) is 0 Å². The fourth-order valence-corrected chi connectivity index (χ4v) is 2.72. The Hall–Kier alpha value is -0.610. The highest BCUT2D eigenvalue weighted by Gasteiger charge is 2.26. The van der Waals surface area contributed by atoms with Gasteiger partial charge in [-0.3, -0.25) is 9.69 Å². The van der Waals surface area contributed by atoms with E-state index in [0.29, 0.717) is 12.1 Å². The summed E-state index contributed by atoms with van der Waals surface area (Å²) >= 11 is 0. The molecule has 0 bridgehead atoms. The Kier molecular flexibility index (Phi) is 5.92. The third kappa shape index (κ3) is 3.96. The van der Waals surface area contributed by atoms with Crippen LogP contribution in [0.2, 0.25) is 0 Å². The Morgan fingerprint density at radius 3 is 2.47 bits per heavy atom. The summed E-state index contributed by atoms with van der Waals surface area (Å²) in [5.41, 5.74) is 0. The topological polar surface area (TPSA) is 41.6 Å². The summed E-state index contributed by atoms with van der Waals surface area (Å²) in [7, 11) is 3.25. The lowest BCUT2D eigenvalue weighted by atomic mass is 9.97. The predicted molar refractivity (Wildman–Crippen MR) is 69.0 cm³/mol. The molecule has 4 nitrogen and oxygen atoms in total. The van der Waals surface area contributed by atoms with Crippen LogP contribution in [0, 0.1) is 0 Å². The van der Waals surface area contributed by atoms with Crippen molar-refractivity contribution in [2.24, 2.45) is 0 Å². The van der Waals surface area contributed by atoms with Crippen LogP contribution in [0.4, 0.5) is 0 Å². The lowest BCUT2D eigenvalue weighted by molar-refractivity contribution is -0.143. The summed E-state index contributed by atoms with van der Waals surface area (Å²) in [6, 6.07) is 1.09. The van der Waals surface area contributed by atoms with Gasteiger partial charge in [-0.15, -0.1) is 0 Å². The minimum Gasteiger partial charge on any atom is -0.468 e. The molecule has 0 radical (unpaired) electrons. The molecular weight excluding hydrogens is 216 g/mol. The number of likely N-dealkylation sites (N-methyl/N-ethyl adjacent to an activating group) is 1. The second kappa shape index (κ2) is 6.97. The number of carbonyl (C=O) groups is 1. The van der Waals surface area contributed by atoms with Gasteiger partial charge >= 0.3 is 5.97 Å². The van der Waals surface area contributed by atoms with E-state index in [2.05, 4.69) is 24.1 Å². The van der Waals surface area contributed by atoms with E-state index >= 15 is 0 Å². The number of piperidine rings is 1. The highest BCUT2D eigenvalue weighted by atomic mass is 16.5. The number of likely N-dealkylation sites (tertiary alicyclic amines) is 1. The molecule has 100 valence electrons. The van der Waals surface area contributed by atoms with Crippen LogP contribution in [0.1, 0.15) is 39.5 Å². The highest BCUT2D eigenvalue weighted by Crippen LogP contribution is 2.22. The lowest BCUT2D eigenvalue weighted by Crippen LogP contribution is -2.46. The molecule has 1 saturated heterocycles. The zero-order valence-corrected chi connectivity index (χ0v) is 11.5. The zero-order chi connectivity index (χ0) is 12.8. The maximum absolute atomic E-state index is 11.5. The number of nitrogens with one attached hydrogen (secondary N) is 1. The molecule has 17 heavy (non-hydrogen) atoms. The van der Waals surface area contributed by atoms with Crippen molar-refractivity contribution in [1.82, 2.24) is 10.2 Å². The van der Waals surface area contributed by atoms with Crippen LogP contribution < -0.4 is 5.32 Å². The summed E-state index contributed by atoms with van der Waals surface area (Å²) in [4.78, 5) is 14.0. The molecule has 1 heterocycles. The molecule has 3 unspecified atom stereocenters. The Morgan fingerprint density at radius 1 is 1.41 bits per heavy atom. The summed E-state index contributed by atoms with van der Waals surface area (Å²) in [5.74, 6) is -0.162. The molecule has 0 spiro atoms. The van der Waals surface area contributed by atoms with Gasteiger partial charge in [-0.25, -0.2) is 0 Å². The highest BCUT2D eigenvalue weighted by molar-refractivity contribution is 5.75. The van der Waals surface area contributed by atoms with E-state index in [9.17, 15) is 4.79 Å². The minimum atomic E-state index is -0.179. The third-order valence-electron chi connectivity index (χ3n) is 3.89. The predicted octanol–water partition coefficient (Wildman–Crippen LogP) is 1.40. The van der Waals surface area contributed by atoms with Crippen molar-refractivity contribution in [3.63, 3.8) is 0 Å². The molecule has 1 aliphatic heterocycles. The molecule has 0 aromatic heterocycles. The average molecular weight is 242 g/mol. The summed E-state index contributed by atoms with van der Waals surface area (Å²) in [6.45, 7) is 5.52. The maximum atomic E-state index is 11.5. The molecule has 1 fully saturated rings. The molecule has 0 aliphatic carbocycles. The van der Waals surface area contributed by atoms with Crippen molar-refractivity contribution >= 4 is 5.97 Å². The fraction of sp³-hybridized carbons (Fsp3) is 0.923. The van der Waals surface area contributed by atoms with Crippen LogP contribution in [0.15, 0.2) is 0 Å². The number of methoxy groups -OCH3 is 1. The van der Waals surface area contributed by atoms with E-state index in [4.69, 9.17) is 4.74 Å². The number of ether oxygens (including phenoxy) is 1. The van der Waals surface area contributed by atoms with Gasteiger partial charge in [0.2, 0.25) is 0 Å². The minimum absolute atomic E-state index is 0.162. The quantitative estimate of drug-likeness (QED) is 0.740. The molecule has 0 amide bonds. The van der Waals surface area contributed by atoms with Crippen molar-refractivity contribution in [3.05, 3.63) is 0 Å². The molecule has 0 saturated carbocycles. The smallest absolute Gasteiger partial charge is 0.322 e. The van der Waals surface area contributed by atoms with Crippen LogP contribution in [-0.2, 0) is 9.53 Å². The first-order chi connectivity index (χ1) is 8.10. The molecule has 3 atom stereocenters. The van der Waals surface area contributed by atoms with Crippen LogP contribution >= 0.6 is 0 Å². The Morgan fingerprint density at radius 2 is 2.00 bits per heavy atom. The largest absolute Gasteiger partial charge is 0.468 e. The summed E-state index contributed by atoms with van der Waals surface area (Å²) in [5, 5.41) is 3.02. The molecule has 0 aromatic carbocycles. The van der Waals surface area contributed by atoms with E-state index in [1.54, 1.807) is 0 Å². The molecule has 1 aliphatic rings. The van der Waals surface area contributed by atoms with Crippen molar-refractivity contribution in [3.8, 4) is 0 Å². The van der Waals surface area contributed by atoms with Gasteiger partial charge in [-0.05, 0) is 40.2 Å². The fourth-order valence-electron chi connectivity index (χ4n) is 2.72. The SMILES string of the molecule is CNC(CCN1C(C)CCCC1C)C(=O)OC. The third-order valence-corrected chi connectivity index (χ3v) is 3.89. The first-order valence-electron chi connectivity index (χ1n) is 6.61. The number of hydrogen-bond donors (Lipinski definition) is 1. The van der Waals surface area contributed by atoms with Gasteiger partial charge in [0.25, 0.3) is 0 Å². The van der Waals surface area contributed by atoms with Crippen LogP contribution in [0.25, 0.3) is 0 Å². The molecule has 1 N–H and O–H groups in total. The van der Waals surface area contributed by atoms with Crippen molar-refractivity contribution in [2.45, 2.75) is 57.7 Å². The number of nitrogens with zero attached hydrogens (tertiary/aromatic N) is 1. The molecule has 0 aromatic rings. The number of hydrogen-bond acceptors (Lipinski definition) is 4. The second-order valence-electron chi connectivity index (χ2n) is 5.02. The average Bonchev–Trinajstić information content (AvgIpc) is 2.32. The Bertz CT molecular complexity index is 236. The van der Waals surface area contributed by atoms with Gasteiger partial charge in [0, 0.05) is 18.6 Å². The first-order valence-corrected chi connectivity index (χ1v) is 6.61. The first kappa shape index (κ1) is 14.5. The number of carbonyl (C=O) groups excluding carboxylic acids is 1. The monoisotopic (exact) mass is 242 g/mol. The second-order valence-corrected chi connectivity index (χ2v) is 5.02.